The van der Waals surface area contributed by atoms with E-state index < -0.39 is 0 Å². The van der Waals surface area contributed by atoms with Gasteiger partial charge in [0.1, 0.15) is 0 Å². The van der Waals surface area contributed by atoms with Gasteiger partial charge in [-0.1, -0.05) is 36.4 Å². The van der Waals surface area contributed by atoms with Crippen molar-refractivity contribution in [2.75, 3.05) is 0 Å². The predicted molar refractivity (Wildman–Crippen MR) is 107 cm³/mol. The van der Waals surface area contributed by atoms with Crippen LogP contribution in [0.5, 0.6) is 0 Å². The van der Waals surface area contributed by atoms with Crippen molar-refractivity contribution in [3.05, 3.63) is 96.6 Å². The Balaban J connectivity index is 1.77. The summed E-state index contributed by atoms with van der Waals surface area (Å²) in [5, 5.41) is 2.10. The molecule has 4 heteroatoms. The molecule has 0 unspecified atom stereocenters. The Morgan fingerprint density at radius 2 is 1.12 bits per heavy atom. The van der Waals surface area contributed by atoms with Gasteiger partial charge in [0.2, 0.25) is 0 Å². The molecule has 0 atom stereocenters. The van der Waals surface area contributed by atoms with Gasteiger partial charge in [0, 0.05) is 17.8 Å². The van der Waals surface area contributed by atoms with Gasteiger partial charge in [-0.25, -0.2) is 0 Å². The molecule has 124 valence electrons. The number of hydrogen-bond acceptors (Lipinski definition) is 4. The minimum Gasteiger partial charge on any atom is -0.255 e. The van der Waals surface area contributed by atoms with Crippen LogP contribution in [0, 0.1) is 0 Å². The van der Waals surface area contributed by atoms with Gasteiger partial charge in [0.15, 0.2) is 0 Å². The molecule has 0 aliphatic heterocycles. The number of pyridine rings is 2. The van der Waals surface area contributed by atoms with Gasteiger partial charge in [0.05, 0.1) is 35.2 Å². The van der Waals surface area contributed by atoms with Gasteiger partial charge in [-0.3, -0.25) is 20.0 Å². The molecule has 0 saturated carbocycles. The van der Waals surface area contributed by atoms with Crippen molar-refractivity contribution in [1.29, 1.82) is 0 Å². The molecule has 0 saturated heterocycles. The maximum absolute atomic E-state index is 4.64. The first-order valence-electron chi connectivity index (χ1n) is 8.32. The average Bonchev–Trinajstić information content (AvgIpc) is 2.72. The van der Waals surface area contributed by atoms with Gasteiger partial charge < -0.3 is 0 Å². The van der Waals surface area contributed by atoms with E-state index in [1.165, 1.54) is 0 Å². The lowest BCUT2D eigenvalue weighted by atomic mass is 10.1. The first-order valence-corrected chi connectivity index (χ1v) is 8.32. The second kappa shape index (κ2) is 7.49. The maximum atomic E-state index is 4.64. The van der Waals surface area contributed by atoms with Crippen LogP contribution in [-0.4, -0.2) is 22.4 Å². The molecular weight excluding hydrogens is 320 g/mol. The van der Waals surface area contributed by atoms with Gasteiger partial charge in [0.25, 0.3) is 0 Å². The first kappa shape index (κ1) is 15.8. The third kappa shape index (κ3) is 3.54. The molecule has 0 amide bonds. The summed E-state index contributed by atoms with van der Waals surface area (Å²) in [4.78, 5) is 17.9. The van der Waals surface area contributed by atoms with Crippen LogP contribution < -0.4 is 0 Å². The number of aliphatic imine (C=N–C) groups is 2. The average molecular weight is 336 g/mol. The summed E-state index contributed by atoms with van der Waals surface area (Å²) in [6.45, 7) is 0. The summed E-state index contributed by atoms with van der Waals surface area (Å²) < 4.78 is 0. The van der Waals surface area contributed by atoms with Crippen LogP contribution in [-0.2, 0) is 0 Å². The third-order valence-electron chi connectivity index (χ3n) is 3.91. The zero-order valence-electron chi connectivity index (χ0n) is 14.0. The van der Waals surface area contributed by atoms with E-state index in [0.29, 0.717) is 0 Å². The summed E-state index contributed by atoms with van der Waals surface area (Å²) in [5.41, 5.74) is 3.36. The molecule has 0 spiro atoms. The normalized spacial score (nSPS) is 11.5. The Labute approximate surface area is 151 Å². The standard InChI is InChI=1S/C22H16N4/c1-3-13-23-18(9-1)15-25-20-11-5-7-17-8-6-12-21(22(17)20)26-16-19-10-2-4-14-24-19/h1-16H. The fraction of sp³-hybridized carbons (Fsp3) is 0. The highest BCUT2D eigenvalue weighted by molar-refractivity contribution is 6.03. The summed E-state index contributed by atoms with van der Waals surface area (Å²) >= 11 is 0. The summed E-state index contributed by atoms with van der Waals surface area (Å²) in [6.07, 6.45) is 7.06. The minimum atomic E-state index is 0.818. The molecule has 0 bridgehead atoms. The second-order valence-electron chi connectivity index (χ2n) is 5.68. The largest absolute Gasteiger partial charge is 0.255 e. The van der Waals surface area contributed by atoms with Crippen LogP contribution in [0.25, 0.3) is 10.8 Å². The lowest BCUT2D eigenvalue weighted by molar-refractivity contribution is 1.30. The fourth-order valence-corrected chi connectivity index (χ4v) is 2.69. The summed E-state index contributed by atoms with van der Waals surface area (Å²) in [5.74, 6) is 0. The molecule has 2 aromatic carbocycles. The highest BCUT2D eigenvalue weighted by atomic mass is 14.8. The van der Waals surface area contributed by atoms with Gasteiger partial charge >= 0.3 is 0 Å². The van der Waals surface area contributed by atoms with Crippen molar-refractivity contribution in [1.82, 2.24) is 9.97 Å². The Kier molecular flexibility index (Phi) is 4.56. The van der Waals surface area contributed by atoms with E-state index >= 15 is 0 Å². The molecule has 0 N–H and O–H groups in total. The topological polar surface area (TPSA) is 50.5 Å². The molecule has 0 aliphatic carbocycles. The fourth-order valence-electron chi connectivity index (χ4n) is 2.69. The lowest BCUT2D eigenvalue weighted by Crippen LogP contribution is -1.85. The Hall–Kier alpha value is -3.66. The number of aromatic nitrogens is 2. The van der Waals surface area contributed by atoms with Crippen LogP contribution in [0.4, 0.5) is 11.4 Å². The highest BCUT2D eigenvalue weighted by Gasteiger charge is 2.04. The minimum absolute atomic E-state index is 0.818. The molecule has 0 radical (unpaired) electrons. The molecule has 0 aliphatic rings. The zero-order valence-corrected chi connectivity index (χ0v) is 14.0. The molecule has 4 aromatic rings. The smallest absolute Gasteiger partial charge is 0.0812 e. The van der Waals surface area contributed by atoms with Crippen LogP contribution >= 0.6 is 0 Å². The van der Waals surface area contributed by atoms with Crippen LogP contribution in [0.15, 0.2) is 95.2 Å². The van der Waals surface area contributed by atoms with Crippen molar-refractivity contribution in [3.8, 4) is 0 Å². The van der Waals surface area contributed by atoms with E-state index in [1.807, 2.05) is 60.7 Å². The van der Waals surface area contributed by atoms with E-state index in [9.17, 15) is 0 Å². The summed E-state index contributed by atoms with van der Waals surface area (Å²) in [6, 6.07) is 23.6. The monoisotopic (exact) mass is 336 g/mol. The van der Waals surface area contributed by atoms with Crippen molar-refractivity contribution >= 4 is 34.6 Å². The number of fused-ring (bicyclic) bond motifs is 1. The number of benzene rings is 2. The van der Waals surface area contributed by atoms with E-state index in [-0.39, 0.29) is 0 Å². The van der Waals surface area contributed by atoms with E-state index in [2.05, 4.69) is 32.1 Å². The highest BCUT2D eigenvalue weighted by Crippen LogP contribution is 2.34. The second-order valence-corrected chi connectivity index (χ2v) is 5.68. The lowest BCUT2D eigenvalue weighted by Gasteiger charge is -2.05. The van der Waals surface area contributed by atoms with E-state index in [0.717, 1.165) is 33.5 Å². The predicted octanol–water partition coefficient (Wildman–Crippen LogP) is 5.13. The molecular formula is C22H16N4. The maximum Gasteiger partial charge on any atom is 0.0812 e. The third-order valence-corrected chi connectivity index (χ3v) is 3.91. The first-order chi connectivity index (χ1) is 12.9. The molecule has 0 fully saturated rings. The number of rotatable bonds is 4. The Bertz CT molecular complexity index is 987. The number of hydrogen-bond donors (Lipinski definition) is 0. The molecule has 4 nitrogen and oxygen atoms in total. The Morgan fingerprint density at radius 3 is 1.58 bits per heavy atom. The molecule has 2 aromatic heterocycles. The van der Waals surface area contributed by atoms with Crippen molar-refractivity contribution in [2.24, 2.45) is 9.98 Å². The van der Waals surface area contributed by atoms with Crippen molar-refractivity contribution in [2.45, 2.75) is 0 Å². The molecule has 4 rings (SSSR count). The van der Waals surface area contributed by atoms with Crippen LogP contribution in [0.3, 0.4) is 0 Å². The number of nitrogens with zero attached hydrogens (tertiary/aromatic N) is 4. The van der Waals surface area contributed by atoms with Gasteiger partial charge in [-0.2, -0.15) is 0 Å². The molecule has 26 heavy (non-hydrogen) atoms. The quantitative estimate of drug-likeness (QED) is 0.485. The SMILES string of the molecule is C(=Nc1cccc2cccc(N=Cc3ccccn3)c12)c1ccccn1. The van der Waals surface area contributed by atoms with Crippen LogP contribution in [0.2, 0.25) is 0 Å². The van der Waals surface area contributed by atoms with E-state index in [1.54, 1.807) is 24.8 Å². The van der Waals surface area contributed by atoms with Crippen LogP contribution in [0.1, 0.15) is 11.4 Å². The Morgan fingerprint density at radius 1 is 0.577 bits per heavy atom. The van der Waals surface area contributed by atoms with Crippen molar-refractivity contribution < 1.29 is 0 Å². The zero-order chi connectivity index (χ0) is 17.6. The van der Waals surface area contributed by atoms with Gasteiger partial charge in [-0.15, -0.1) is 0 Å². The molecule has 2 heterocycles. The van der Waals surface area contributed by atoms with Crippen molar-refractivity contribution in [3.63, 3.8) is 0 Å². The van der Waals surface area contributed by atoms with Gasteiger partial charge in [-0.05, 0) is 41.8 Å². The summed E-state index contributed by atoms with van der Waals surface area (Å²) in [7, 11) is 0. The van der Waals surface area contributed by atoms with E-state index in [4.69, 9.17) is 0 Å².